The zero-order valence-corrected chi connectivity index (χ0v) is 11.9. The molecule has 0 N–H and O–H groups in total. The summed E-state index contributed by atoms with van der Waals surface area (Å²) < 4.78 is 18.4. The van der Waals surface area contributed by atoms with E-state index in [0.717, 1.165) is 29.6 Å². The van der Waals surface area contributed by atoms with Gasteiger partial charge in [-0.1, -0.05) is 0 Å². The molecule has 0 saturated carbocycles. The van der Waals surface area contributed by atoms with E-state index in [0.29, 0.717) is 18.5 Å². The molecule has 0 aliphatic carbocycles. The van der Waals surface area contributed by atoms with Gasteiger partial charge in [0.25, 0.3) is 0 Å². The monoisotopic (exact) mass is 288 g/mol. The first kappa shape index (κ1) is 13.8. The lowest BCUT2D eigenvalue weighted by atomic mass is 10.1. The standard InChI is InChI=1S/C16H17FN2O2/c1-21-16(20)13-6-7-18-15-5-4-12(9-14(13)15)19-8-2-3-11(17)10-19/h4-7,9,11H,2-3,8,10H2,1H3. The molecule has 1 aromatic carbocycles. The Kier molecular flexibility index (Phi) is 3.73. The largest absolute Gasteiger partial charge is 0.465 e. The van der Waals surface area contributed by atoms with E-state index < -0.39 is 6.17 Å². The Balaban J connectivity index is 2.04. The first-order valence-corrected chi connectivity index (χ1v) is 7.05. The summed E-state index contributed by atoms with van der Waals surface area (Å²) in [6, 6.07) is 7.33. The molecule has 3 rings (SSSR count). The number of hydrogen-bond acceptors (Lipinski definition) is 4. The van der Waals surface area contributed by atoms with Crippen molar-refractivity contribution < 1.29 is 13.9 Å². The van der Waals surface area contributed by atoms with Crippen LogP contribution >= 0.6 is 0 Å². The quantitative estimate of drug-likeness (QED) is 0.797. The van der Waals surface area contributed by atoms with Gasteiger partial charge in [0, 0.05) is 30.4 Å². The minimum Gasteiger partial charge on any atom is -0.465 e. The van der Waals surface area contributed by atoms with E-state index in [2.05, 4.69) is 4.98 Å². The summed E-state index contributed by atoms with van der Waals surface area (Å²) in [4.78, 5) is 18.1. The summed E-state index contributed by atoms with van der Waals surface area (Å²) in [7, 11) is 1.36. The molecule has 110 valence electrons. The second-order valence-corrected chi connectivity index (χ2v) is 5.24. The summed E-state index contributed by atoms with van der Waals surface area (Å²) in [5.74, 6) is -0.387. The number of alkyl halides is 1. The van der Waals surface area contributed by atoms with Gasteiger partial charge < -0.3 is 9.64 Å². The molecule has 2 aromatic rings. The molecule has 2 heterocycles. The number of nitrogens with zero attached hydrogens (tertiary/aromatic N) is 2. The number of piperidine rings is 1. The molecule has 1 unspecified atom stereocenters. The van der Waals surface area contributed by atoms with E-state index in [1.54, 1.807) is 12.3 Å². The number of benzene rings is 1. The van der Waals surface area contributed by atoms with Crippen molar-refractivity contribution in [2.24, 2.45) is 0 Å². The number of anilines is 1. The number of carbonyl (C=O) groups is 1. The van der Waals surface area contributed by atoms with E-state index >= 15 is 0 Å². The summed E-state index contributed by atoms with van der Waals surface area (Å²) in [6.07, 6.45) is 2.27. The number of esters is 1. The number of hydrogen-bond donors (Lipinski definition) is 0. The summed E-state index contributed by atoms with van der Waals surface area (Å²) in [5, 5.41) is 0.739. The van der Waals surface area contributed by atoms with Crippen LogP contribution in [0.1, 0.15) is 23.2 Å². The first-order valence-electron chi connectivity index (χ1n) is 7.05. The van der Waals surface area contributed by atoms with Crippen LogP contribution in [0.2, 0.25) is 0 Å². The van der Waals surface area contributed by atoms with Gasteiger partial charge >= 0.3 is 5.97 Å². The number of ether oxygens (including phenoxy) is 1. The minimum atomic E-state index is -0.788. The molecular formula is C16H17FN2O2. The molecule has 0 radical (unpaired) electrons. The average molecular weight is 288 g/mol. The molecule has 1 fully saturated rings. The highest BCUT2D eigenvalue weighted by Gasteiger charge is 2.20. The van der Waals surface area contributed by atoms with Crippen molar-refractivity contribution in [1.29, 1.82) is 0 Å². The molecule has 0 spiro atoms. The smallest absolute Gasteiger partial charge is 0.338 e. The molecule has 1 aliphatic rings. The summed E-state index contributed by atoms with van der Waals surface area (Å²) in [6.45, 7) is 1.24. The van der Waals surface area contributed by atoms with Crippen LogP contribution in [0, 0.1) is 0 Å². The topological polar surface area (TPSA) is 42.4 Å². The van der Waals surface area contributed by atoms with Gasteiger partial charge in [0.1, 0.15) is 6.17 Å². The maximum atomic E-state index is 13.6. The fourth-order valence-electron chi connectivity index (χ4n) is 2.78. The number of pyridine rings is 1. The number of methoxy groups -OCH3 is 1. The number of halogens is 1. The van der Waals surface area contributed by atoms with Crippen molar-refractivity contribution in [1.82, 2.24) is 4.98 Å². The first-order chi connectivity index (χ1) is 10.2. The van der Waals surface area contributed by atoms with Crippen LogP contribution in [0.4, 0.5) is 10.1 Å². The van der Waals surface area contributed by atoms with Gasteiger partial charge in [-0.25, -0.2) is 9.18 Å². The fourth-order valence-corrected chi connectivity index (χ4v) is 2.78. The molecule has 1 aliphatic heterocycles. The Morgan fingerprint density at radius 1 is 1.43 bits per heavy atom. The van der Waals surface area contributed by atoms with Crippen LogP contribution in [-0.4, -0.2) is 37.3 Å². The van der Waals surface area contributed by atoms with Crippen molar-refractivity contribution in [3.63, 3.8) is 0 Å². The Hall–Kier alpha value is -2.17. The van der Waals surface area contributed by atoms with E-state index in [4.69, 9.17) is 4.74 Å². The highest BCUT2D eigenvalue weighted by Crippen LogP contribution is 2.27. The van der Waals surface area contributed by atoms with Gasteiger partial charge in [0.05, 0.1) is 18.2 Å². The molecule has 4 nitrogen and oxygen atoms in total. The van der Waals surface area contributed by atoms with Gasteiger partial charge in [0.2, 0.25) is 0 Å². The third kappa shape index (κ3) is 2.68. The van der Waals surface area contributed by atoms with Crippen molar-refractivity contribution in [2.75, 3.05) is 25.1 Å². The predicted molar refractivity (Wildman–Crippen MR) is 79.4 cm³/mol. The minimum absolute atomic E-state index is 0.387. The average Bonchev–Trinajstić information content (AvgIpc) is 2.53. The van der Waals surface area contributed by atoms with Crippen molar-refractivity contribution in [2.45, 2.75) is 19.0 Å². The molecule has 1 atom stereocenters. The van der Waals surface area contributed by atoms with Gasteiger partial charge in [-0.3, -0.25) is 4.98 Å². The van der Waals surface area contributed by atoms with Crippen LogP contribution in [-0.2, 0) is 4.74 Å². The molecule has 0 amide bonds. The third-order valence-corrected chi connectivity index (χ3v) is 3.86. The Morgan fingerprint density at radius 2 is 2.29 bits per heavy atom. The number of aromatic nitrogens is 1. The predicted octanol–water partition coefficient (Wildman–Crippen LogP) is 2.96. The third-order valence-electron chi connectivity index (χ3n) is 3.86. The number of fused-ring (bicyclic) bond motifs is 1. The van der Waals surface area contributed by atoms with Gasteiger partial charge in [-0.15, -0.1) is 0 Å². The van der Waals surface area contributed by atoms with Gasteiger partial charge in [0.15, 0.2) is 0 Å². The molecular weight excluding hydrogens is 271 g/mol. The molecule has 1 saturated heterocycles. The fraction of sp³-hybridized carbons (Fsp3) is 0.375. The second kappa shape index (κ2) is 5.68. The second-order valence-electron chi connectivity index (χ2n) is 5.24. The maximum Gasteiger partial charge on any atom is 0.338 e. The van der Waals surface area contributed by atoms with Gasteiger partial charge in [-0.2, -0.15) is 0 Å². The SMILES string of the molecule is COC(=O)c1ccnc2ccc(N3CCCC(F)C3)cc12. The van der Waals surface area contributed by atoms with Crippen LogP contribution in [0.5, 0.6) is 0 Å². The maximum absolute atomic E-state index is 13.6. The Labute approximate surface area is 122 Å². The van der Waals surface area contributed by atoms with Crippen LogP contribution < -0.4 is 4.90 Å². The van der Waals surface area contributed by atoms with Crippen LogP contribution in [0.3, 0.4) is 0 Å². The Bertz CT molecular complexity index is 674. The van der Waals surface area contributed by atoms with Crippen molar-refractivity contribution in [3.8, 4) is 0 Å². The highest BCUT2D eigenvalue weighted by atomic mass is 19.1. The molecule has 5 heteroatoms. The molecule has 0 bridgehead atoms. The Morgan fingerprint density at radius 3 is 3.05 bits per heavy atom. The summed E-state index contributed by atoms with van der Waals surface area (Å²) >= 11 is 0. The highest BCUT2D eigenvalue weighted by molar-refractivity contribution is 6.04. The lowest BCUT2D eigenvalue weighted by molar-refractivity contribution is 0.0603. The molecule has 21 heavy (non-hydrogen) atoms. The lowest BCUT2D eigenvalue weighted by Crippen LogP contribution is -2.36. The lowest BCUT2D eigenvalue weighted by Gasteiger charge is -2.31. The van der Waals surface area contributed by atoms with Crippen LogP contribution in [0.15, 0.2) is 30.5 Å². The number of rotatable bonds is 2. The zero-order valence-electron chi connectivity index (χ0n) is 11.9. The van der Waals surface area contributed by atoms with Crippen molar-refractivity contribution >= 4 is 22.6 Å². The zero-order chi connectivity index (χ0) is 14.8. The van der Waals surface area contributed by atoms with E-state index in [-0.39, 0.29) is 5.97 Å². The van der Waals surface area contributed by atoms with E-state index in [9.17, 15) is 9.18 Å². The van der Waals surface area contributed by atoms with Crippen molar-refractivity contribution in [3.05, 3.63) is 36.0 Å². The number of carbonyl (C=O) groups excluding carboxylic acids is 1. The molecule has 1 aromatic heterocycles. The van der Waals surface area contributed by atoms with E-state index in [1.807, 2.05) is 23.1 Å². The van der Waals surface area contributed by atoms with E-state index in [1.165, 1.54) is 7.11 Å². The normalized spacial score (nSPS) is 18.8. The van der Waals surface area contributed by atoms with Gasteiger partial charge in [-0.05, 0) is 37.1 Å². The van der Waals surface area contributed by atoms with Crippen LogP contribution in [0.25, 0.3) is 10.9 Å². The summed E-state index contributed by atoms with van der Waals surface area (Å²) in [5.41, 5.74) is 2.14.